The van der Waals surface area contributed by atoms with Crippen LogP contribution in [0, 0.1) is 6.92 Å². The molecule has 1 unspecified atom stereocenters. The fourth-order valence-corrected chi connectivity index (χ4v) is 3.36. The molecule has 25 heavy (non-hydrogen) atoms. The second-order valence-electron chi connectivity index (χ2n) is 6.61. The van der Waals surface area contributed by atoms with Crippen molar-refractivity contribution in [2.45, 2.75) is 19.4 Å². The standard InChI is InChI=1S/C19H27N5O/c1-15-5-3-4-6-16(15)7-8-21-18(25)14-24-12-9-20-13-17(24)19-22-10-11-23(19)2/h3-6,10-11,17,20H,7-9,12-14H2,1-2H3,(H,21,25). The lowest BCUT2D eigenvalue weighted by atomic mass is 10.1. The molecular formula is C19H27N5O. The van der Waals surface area contributed by atoms with Crippen LogP contribution in [-0.2, 0) is 18.3 Å². The molecule has 2 heterocycles. The first-order chi connectivity index (χ1) is 12.1. The number of aryl methyl sites for hydroxylation is 2. The van der Waals surface area contributed by atoms with Crippen LogP contribution in [0.3, 0.4) is 0 Å². The fourth-order valence-electron chi connectivity index (χ4n) is 3.36. The third-order valence-electron chi connectivity index (χ3n) is 4.84. The van der Waals surface area contributed by atoms with E-state index in [2.05, 4.69) is 39.6 Å². The minimum atomic E-state index is 0.0784. The molecule has 1 atom stereocenters. The second-order valence-corrected chi connectivity index (χ2v) is 6.61. The molecule has 1 aromatic carbocycles. The molecule has 2 aromatic rings. The van der Waals surface area contributed by atoms with Crippen LogP contribution in [0.25, 0.3) is 0 Å². The van der Waals surface area contributed by atoms with Crippen molar-refractivity contribution in [1.82, 2.24) is 25.1 Å². The predicted octanol–water partition coefficient (Wildman–Crippen LogP) is 1.03. The maximum atomic E-state index is 12.4. The molecule has 0 aliphatic carbocycles. The number of amides is 1. The van der Waals surface area contributed by atoms with Gasteiger partial charge in [0, 0.05) is 45.6 Å². The Labute approximate surface area is 149 Å². The molecule has 1 saturated heterocycles. The van der Waals surface area contributed by atoms with Gasteiger partial charge in [-0.1, -0.05) is 24.3 Å². The maximum absolute atomic E-state index is 12.4. The maximum Gasteiger partial charge on any atom is 0.234 e. The van der Waals surface area contributed by atoms with E-state index < -0.39 is 0 Å². The van der Waals surface area contributed by atoms with Gasteiger partial charge in [-0.05, 0) is 24.5 Å². The highest BCUT2D eigenvalue weighted by molar-refractivity contribution is 5.78. The van der Waals surface area contributed by atoms with Crippen LogP contribution in [0.5, 0.6) is 0 Å². The molecular weight excluding hydrogens is 314 g/mol. The number of aromatic nitrogens is 2. The Hall–Kier alpha value is -2.18. The highest BCUT2D eigenvalue weighted by Crippen LogP contribution is 2.19. The van der Waals surface area contributed by atoms with Crippen molar-refractivity contribution in [2.24, 2.45) is 7.05 Å². The van der Waals surface area contributed by atoms with Gasteiger partial charge in [0.2, 0.25) is 5.91 Å². The van der Waals surface area contributed by atoms with E-state index in [0.717, 1.165) is 31.9 Å². The van der Waals surface area contributed by atoms with E-state index in [0.29, 0.717) is 13.1 Å². The molecule has 6 heteroatoms. The lowest BCUT2D eigenvalue weighted by molar-refractivity contribution is -0.123. The van der Waals surface area contributed by atoms with Crippen LogP contribution in [0.4, 0.5) is 0 Å². The van der Waals surface area contributed by atoms with E-state index in [-0.39, 0.29) is 11.9 Å². The van der Waals surface area contributed by atoms with Gasteiger partial charge in [0.05, 0.1) is 12.6 Å². The number of imidazole rings is 1. The van der Waals surface area contributed by atoms with E-state index in [1.54, 1.807) is 0 Å². The number of carbonyl (C=O) groups is 1. The van der Waals surface area contributed by atoms with Gasteiger partial charge in [0.25, 0.3) is 0 Å². The summed E-state index contributed by atoms with van der Waals surface area (Å²) in [4.78, 5) is 19.1. The largest absolute Gasteiger partial charge is 0.355 e. The van der Waals surface area contributed by atoms with Gasteiger partial charge in [-0.3, -0.25) is 9.69 Å². The normalized spacial score (nSPS) is 18.2. The van der Waals surface area contributed by atoms with Crippen molar-refractivity contribution in [3.05, 3.63) is 53.6 Å². The Morgan fingerprint density at radius 3 is 3.00 bits per heavy atom. The average Bonchev–Trinajstić information content (AvgIpc) is 3.03. The van der Waals surface area contributed by atoms with Crippen molar-refractivity contribution < 1.29 is 4.79 Å². The Bertz CT molecular complexity index is 711. The molecule has 3 rings (SSSR count). The van der Waals surface area contributed by atoms with E-state index >= 15 is 0 Å². The van der Waals surface area contributed by atoms with Crippen molar-refractivity contribution in [1.29, 1.82) is 0 Å². The van der Waals surface area contributed by atoms with Crippen LogP contribution >= 0.6 is 0 Å². The third-order valence-corrected chi connectivity index (χ3v) is 4.84. The lowest BCUT2D eigenvalue weighted by Gasteiger charge is -2.35. The van der Waals surface area contributed by atoms with Crippen LogP contribution in [-0.4, -0.2) is 53.1 Å². The minimum absolute atomic E-state index is 0.0784. The summed E-state index contributed by atoms with van der Waals surface area (Å²) >= 11 is 0. The first-order valence-corrected chi connectivity index (χ1v) is 8.88. The van der Waals surface area contributed by atoms with Gasteiger partial charge in [0.15, 0.2) is 0 Å². The van der Waals surface area contributed by atoms with Crippen LogP contribution < -0.4 is 10.6 Å². The number of hydrogen-bond donors (Lipinski definition) is 2. The first kappa shape index (κ1) is 17.6. The molecule has 1 amide bonds. The number of nitrogens with zero attached hydrogens (tertiary/aromatic N) is 3. The summed E-state index contributed by atoms with van der Waals surface area (Å²) in [5.74, 6) is 1.08. The highest BCUT2D eigenvalue weighted by Gasteiger charge is 2.27. The number of piperazine rings is 1. The molecule has 0 saturated carbocycles. The average molecular weight is 341 g/mol. The molecule has 134 valence electrons. The Morgan fingerprint density at radius 2 is 2.24 bits per heavy atom. The van der Waals surface area contributed by atoms with Crippen molar-refractivity contribution in [3.8, 4) is 0 Å². The van der Waals surface area contributed by atoms with Crippen molar-refractivity contribution in [2.75, 3.05) is 32.7 Å². The SMILES string of the molecule is Cc1ccccc1CCNC(=O)CN1CCNCC1c1nccn1C. The topological polar surface area (TPSA) is 62.2 Å². The van der Waals surface area contributed by atoms with E-state index in [4.69, 9.17) is 0 Å². The summed E-state index contributed by atoms with van der Waals surface area (Å²) in [6.45, 7) is 5.76. The fraction of sp³-hybridized carbons (Fsp3) is 0.474. The Kier molecular flexibility index (Phi) is 5.83. The van der Waals surface area contributed by atoms with Crippen molar-refractivity contribution in [3.63, 3.8) is 0 Å². The number of carbonyl (C=O) groups excluding carboxylic acids is 1. The number of rotatable bonds is 6. The summed E-state index contributed by atoms with van der Waals surface area (Å²) in [6, 6.07) is 8.45. The monoisotopic (exact) mass is 341 g/mol. The minimum Gasteiger partial charge on any atom is -0.355 e. The summed E-state index contributed by atoms with van der Waals surface area (Å²) in [7, 11) is 2.00. The van der Waals surface area contributed by atoms with E-state index in [1.165, 1.54) is 11.1 Å². The molecule has 6 nitrogen and oxygen atoms in total. The van der Waals surface area contributed by atoms with Crippen LogP contribution in [0.15, 0.2) is 36.7 Å². The van der Waals surface area contributed by atoms with Crippen LogP contribution in [0.2, 0.25) is 0 Å². The van der Waals surface area contributed by atoms with Gasteiger partial charge < -0.3 is 15.2 Å². The Balaban J connectivity index is 1.52. The summed E-state index contributed by atoms with van der Waals surface area (Å²) in [5.41, 5.74) is 2.56. The van der Waals surface area contributed by atoms with Crippen LogP contribution in [0.1, 0.15) is 23.0 Å². The van der Waals surface area contributed by atoms with E-state index in [9.17, 15) is 4.79 Å². The summed E-state index contributed by atoms with van der Waals surface area (Å²) in [5, 5.41) is 6.46. The van der Waals surface area contributed by atoms with E-state index in [1.807, 2.05) is 36.1 Å². The smallest absolute Gasteiger partial charge is 0.234 e. The number of hydrogen-bond acceptors (Lipinski definition) is 4. The highest BCUT2D eigenvalue weighted by atomic mass is 16.2. The van der Waals surface area contributed by atoms with Gasteiger partial charge in [0.1, 0.15) is 5.82 Å². The Morgan fingerprint density at radius 1 is 1.40 bits per heavy atom. The zero-order chi connectivity index (χ0) is 17.6. The van der Waals surface area contributed by atoms with Gasteiger partial charge >= 0.3 is 0 Å². The van der Waals surface area contributed by atoms with Gasteiger partial charge in [-0.15, -0.1) is 0 Å². The number of benzene rings is 1. The number of nitrogens with one attached hydrogen (secondary N) is 2. The lowest BCUT2D eigenvalue weighted by Crippen LogP contribution is -2.50. The predicted molar refractivity (Wildman–Crippen MR) is 98.3 cm³/mol. The first-order valence-electron chi connectivity index (χ1n) is 8.88. The zero-order valence-electron chi connectivity index (χ0n) is 15.0. The third kappa shape index (κ3) is 4.46. The molecule has 0 spiro atoms. The zero-order valence-corrected chi connectivity index (χ0v) is 15.0. The molecule has 0 bridgehead atoms. The molecule has 1 aliphatic rings. The molecule has 1 fully saturated rings. The van der Waals surface area contributed by atoms with Gasteiger partial charge in [-0.25, -0.2) is 4.98 Å². The molecule has 1 aliphatic heterocycles. The second kappa shape index (κ2) is 8.27. The molecule has 2 N–H and O–H groups in total. The quantitative estimate of drug-likeness (QED) is 0.824. The molecule has 0 radical (unpaired) electrons. The van der Waals surface area contributed by atoms with Crippen molar-refractivity contribution >= 4 is 5.91 Å². The summed E-state index contributed by atoms with van der Waals surface area (Å²) in [6.07, 6.45) is 4.62. The van der Waals surface area contributed by atoms with Gasteiger partial charge in [-0.2, -0.15) is 0 Å². The molecule has 1 aromatic heterocycles. The summed E-state index contributed by atoms with van der Waals surface area (Å²) < 4.78 is 2.03.